The number of anilines is 1. The molecule has 0 bridgehead atoms. The van der Waals surface area contributed by atoms with Crippen LogP contribution in [0.3, 0.4) is 0 Å². The molecule has 0 aliphatic rings. The number of carbonyl (C=O) groups excluding carboxylic acids is 2. The van der Waals surface area contributed by atoms with Crippen LogP contribution in [0.25, 0.3) is 0 Å². The van der Waals surface area contributed by atoms with E-state index in [0.29, 0.717) is 19.6 Å². The number of aryl methyl sites for hydroxylation is 2. The number of nitrogens with one attached hydrogen (secondary N) is 2. The van der Waals surface area contributed by atoms with E-state index in [-0.39, 0.29) is 18.4 Å². The molecule has 0 atom stereocenters. The predicted octanol–water partition coefficient (Wildman–Crippen LogP) is 4.66. The van der Waals surface area contributed by atoms with E-state index in [9.17, 15) is 9.59 Å². The summed E-state index contributed by atoms with van der Waals surface area (Å²) in [5, 5.41) is 5.49. The lowest BCUT2D eigenvalue weighted by atomic mass is 10.1. The number of ether oxygens (including phenoxy) is 2. The third-order valence-electron chi connectivity index (χ3n) is 5.09. The maximum Gasteiger partial charge on any atom is 0.245 e. The van der Waals surface area contributed by atoms with Gasteiger partial charge in [-0.25, -0.2) is 0 Å². The zero-order chi connectivity index (χ0) is 23.0. The van der Waals surface area contributed by atoms with Crippen LogP contribution in [0.2, 0.25) is 0 Å². The second-order valence-electron chi connectivity index (χ2n) is 7.90. The van der Waals surface area contributed by atoms with Gasteiger partial charge in [-0.3, -0.25) is 9.59 Å². The van der Waals surface area contributed by atoms with Crippen molar-refractivity contribution in [1.82, 2.24) is 5.32 Å². The number of hydrogen-bond acceptors (Lipinski definition) is 4. The van der Waals surface area contributed by atoms with Crippen LogP contribution in [0.1, 0.15) is 49.7 Å². The van der Waals surface area contributed by atoms with Gasteiger partial charge in [0.15, 0.2) is 0 Å². The number of likely N-dealkylation sites (N-methyl/N-ethyl adjacent to an activating group) is 1. The van der Waals surface area contributed by atoms with Gasteiger partial charge in [-0.2, -0.15) is 0 Å². The van der Waals surface area contributed by atoms with E-state index < -0.39 is 0 Å². The first-order valence-corrected chi connectivity index (χ1v) is 11.4. The van der Waals surface area contributed by atoms with Gasteiger partial charge < -0.3 is 20.1 Å². The van der Waals surface area contributed by atoms with Crippen molar-refractivity contribution in [3.8, 4) is 5.75 Å². The molecule has 0 unspecified atom stereocenters. The first-order chi connectivity index (χ1) is 15.6. The van der Waals surface area contributed by atoms with Crippen molar-refractivity contribution in [2.24, 2.45) is 0 Å². The van der Waals surface area contributed by atoms with Gasteiger partial charge in [-0.05, 0) is 75.3 Å². The maximum absolute atomic E-state index is 12.1. The molecule has 0 aliphatic carbocycles. The standard InChI is InChI=1S/C26H36N2O4/c1-21-10-16-24(17-11-21)32-19-6-3-4-9-25(29)28-23-14-12-22(13-15-23)8-5-7-18-31-20-26(30)27-2/h10-17H,3-9,18-20H2,1-2H3,(H,27,30)(H,28,29). The Morgan fingerprint density at radius 3 is 2.25 bits per heavy atom. The van der Waals surface area contributed by atoms with E-state index in [1.165, 1.54) is 11.1 Å². The highest BCUT2D eigenvalue weighted by atomic mass is 16.5. The average molecular weight is 441 g/mol. The summed E-state index contributed by atoms with van der Waals surface area (Å²) < 4.78 is 11.0. The molecule has 32 heavy (non-hydrogen) atoms. The molecule has 0 fully saturated rings. The highest BCUT2D eigenvalue weighted by Crippen LogP contribution is 2.14. The molecular formula is C26H36N2O4. The Balaban J connectivity index is 1.51. The van der Waals surface area contributed by atoms with Gasteiger partial charge in [-0.15, -0.1) is 0 Å². The molecule has 0 saturated carbocycles. The van der Waals surface area contributed by atoms with Gasteiger partial charge in [0, 0.05) is 25.8 Å². The summed E-state index contributed by atoms with van der Waals surface area (Å²) in [6, 6.07) is 16.0. The van der Waals surface area contributed by atoms with Gasteiger partial charge in [0.2, 0.25) is 11.8 Å². The van der Waals surface area contributed by atoms with Crippen LogP contribution in [-0.4, -0.2) is 38.7 Å². The van der Waals surface area contributed by atoms with Crippen molar-refractivity contribution in [1.29, 1.82) is 0 Å². The van der Waals surface area contributed by atoms with Gasteiger partial charge in [0.25, 0.3) is 0 Å². The summed E-state index contributed by atoms with van der Waals surface area (Å²) >= 11 is 0. The van der Waals surface area contributed by atoms with Crippen LogP contribution < -0.4 is 15.4 Å². The van der Waals surface area contributed by atoms with Gasteiger partial charge in [-0.1, -0.05) is 29.8 Å². The van der Waals surface area contributed by atoms with Crippen molar-refractivity contribution in [2.75, 3.05) is 32.2 Å². The lowest BCUT2D eigenvalue weighted by molar-refractivity contribution is -0.125. The minimum atomic E-state index is -0.102. The molecule has 0 aliphatic heterocycles. The zero-order valence-electron chi connectivity index (χ0n) is 19.3. The van der Waals surface area contributed by atoms with Gasteiger partial charge in [0.05, 0.1) is 6.61 Å². The average Bonchev–Trinajstić information content (AvgIpc) is 2.80. The molecule has 0 spiro atoms. The fourth-order valence-electron chi connectivity index (χ4n) is 3.14. The third kappa shape index (κ3) is 11.0. The quantitative estimate of drug-likeness (QED) is 0.395. The second-order valence-corrected chi connectivity index (χ2v) is 7.90. The number of unbranched alkanes of at least 4 members (excludes halogenated alkanes) is 3. The molecule has 2 N–H and O–H groups in total. The highest BCUT2D eigenvalue weighted by Gasteiger charge is 2.03. The molecule has 174 valence electrons. The van der Waals surface area contributed by atoms with E-state index in [4.69, 9.17) is 9.47 Å². The van der Waals surface area contributed by atoms with E-state index in [2.05, 4.69) is 17.6 Å². The van der Waals surface area contributed by atoms with Crippen LogP contribution in [0.5, 0.6) is 5.75 Å². The van der Waals surface area contributed by atoms with Gasteiger partial charge >= 0.3 is 0 Å². The fraction of sp³-hybridized carbons (Fsp3) is 0.462. The van der Waals surface area contributed by atoms with E-state index >= 15 is 0 Å². The molecular weight excluding hydrogens is 404 g/mol. The molecule has 6 heteroatoms. The lowest BCUT2D eigenvalue weighted by Gasteiger charge is -2.08. The predicted molar refractivity (Wildman–Crippen MR) is 128 cm³/mol. The molecule has 0 radical (unpaired) electrons. The number of amides is 2. The highest BCUT2D eigenvalue weighted by molar-refractivity contribution is 5.90. The van der Waals surface area contributed by atoms with Gasteiger partial charge in [0.1, 0.15) is 12.4 Å². The van der Waals surface area contributed by atoms with Crippen LogP contribution in [0, 0.1) is 6.92 Å². The maximum atomic E-state index is 12.1. The van der Waals surface area contributed by atoms with Crippen molar-refractivity contribution < 1.29 is 19.1 Å². The number of carbonyl (C=O) groups is 2. The van der Waals surface area contributed by atoms with Crippen molar-refractivity contribution in [3.05, 3.63) is 59.7 Å². The number of hydrogen-bond donors (Lipinski definition) is 2. The Labute approximate surface area is 191 Å². The van der Waals surface area contributed by atoms with E-state index in [1.807, 2.05) is 48.5 Å². The van der Waals surface area contributed by atoms with Crippen LogP contribution in [-0.2, 0) is 20.7 Å². The minimum absolute atomic E-state index is 0.0467. The van der Waals surface area contributed by atoms with Crippen molar-refractivity contribution in [2.45, 2.75) is 51.9 Å². The monoisotopic (exact) mass is 440 g/mol. The Morgan fingerprint density at radius 1 is 0.812 bits per heavy atom. The van der Waals surface area contributed by atoms with Crippen LogP contribution in [0.15, 0.2) is 48.5 Å². The Hall–Kier alpha value is -2.86. The first kappa shape index (κ1) is 25.4. The number of benzene rings is 2. The molecule has 0 saturated heterocycles. The smallest absolute Gasteiger partial charge is 0.245 e. The topological polar surface area (TPSA) is 76.7 Å². The number of rotatable bonds is 15. The molecule has 2 rings (SSSR count). The van der Waals surface area contributed by atoms with E-state index in [0.717, 1.165) is 50.0 Å². The molecule has 2 amide bonds. The molecule has 2 aromatic carbocycles. The Kier molecular flexibility index (Phi) is 11.9. The zero-order valence-corrected chi connectivity index (χ0v) is 19.3. The summed E-state index contributed by atoms with van der Waals surface area (Å²) in [6.45, 7) is 3.43. The summed E-state index contributed by atoms with van der Waals surface area (Å²) in [5.41, 5.74) is 3.28. The summed E-state index contributed by atoms with van der Waals surface area (Å²) in [4.78, 5) is 23.2. The first-order valence-electron chi connectivity index (χ1n) is 11.4. The molecule has 6 nitrogen and oxygen atoms in total. The van der Waals surface area contributed by atoms with E-state index in [1.54, 1.807) is 7.05 Å². The Morgan fingerprint density at radius 2 is 1.53 bits per heavy atom. The summed E-state index contributed by atoms with van der Waals surface area (Å²) in [5.74, 6) is 0.839. The van der Waals surface area contributed by atoms with Crippen LogP contribution >= 0.6 is 0 Å². The second kappa shape index (κ2) is 15.0. The largest absolute Gasteiger partial charge is 0.494 e. The van der Waals surface area contributed by atoms with Crippen LogP contribution in [0.4, 0.5) is 5.69 Å². The Bertz CT molecular complexity index is 804. The minimum Gasteiger partial charge on any atom is -0.494 e. The summed E-state index contributed by atoms with van der Waals surface area (Å²) in [7, 11) is 1.60. The molecule has 2 aromatic rings. The third-order valence-corrected chi connectivity index (χ3v) is 5.09. The van der Waals surface area contributed by atoms with Crippen molar-refractivity contribution in [3.63, 3.8) is 0 Å². The summed E-state index contributed by atoms with van der Waals surface area (Å²) in [6.07, 6.45) is 6.12. The molecule has 0 aromatic heterocycles. The fourth-order valence-corrected chi connectivity index (χ4v) is 3.14. The normalized spacial score (nSPS) is 10.6. The lowest BCUT2D eigenvalue weighted by Crippen LogP contribution is -2.23. The molecule has 0 heterocycles. The van der Waals surface area contributed by atoms with Crippen molar-refractivity contribution >= 4 is 17.5 Å². The SMILES string of the molecule is CNC(=O)COCCCCc1ccc(NC(=O)CCCCCOc2ccc(C)cc2)cc1.